The van der Waals surface area contributed by atoms with Gasteiger partial charge in [-0.3, -0.25) is 4.90 Å². The van der Waals surface area contributed by atoms with Gasteiger partial charge in [0.1, 0.15) is 6.23 Å². The molecular weight excluding hydrogens is 147 g/mol. The zero-order chi connectivity index (χ0) is 7.56. The predicted octanol–water partition coefficient (Wildman–Crippen LogP) is 0.837. The number of morpholine rings is 1. The monoisotopic (exact) mass is 155 g/mol. The van der Waals surface area contributed by atoms with Crippen LogP contribution in [0.25, 0.3) is 0 Å². The Kier molecular flexibility index (Phi) is 2.50. The van der Waals surface area contributed by atoms with Gasteiger partial charge in [-0.1, -0.05) is 0 Å². The van der Waals surface area contributed by atoms with Crippen LogP contribution < -0.4 is 0 Å². The number of ether oxygens (including phenoxy) is 1. The van der Waals surface area contributed by atoms with Crippen LogP contribution in [0, 0.1) is 0 Å². The van der Waals surface area contributed by atoms with Crippen molar-refractivity contribution in [2.45, 2.75) is 12.9 Å². The minimum absolute atomic E-state index is 0.546. The number of rotatable bonds is 0. The molecule has 2 unspecified atom stereocenters. The highest BCUT2D eigenvalue weighted by Crippen LogP contribution is 2.22. The van der Waals surface area contributed by atoms with Gasteiger partial charge in [0.2, 0.25) is 0 Å². The molecule has 0 bridgehead atoms. The summed E-state index contributed by atoms with van der Waals surface area (Å²) in [7, 11) is 0. The summed E-state index contributed by atoms with van der Waals surface area (Å²) in [5.74, 6) is 0. The second-order valence-electron chi connectivity index (χ2n) is 2.07. The summed E-state index contributed by atoms with van der Waals surface area (Å²) in [6.07, 6.45) is 0.546. The van der Waals surface area contributed by atoms with E-state index in [1.54, 1.807) is 0 Å². The van der Waals surface area contributed by atoms with Gasteiger partial charge < -0.3 is 4.74 Å². The van der Waals surface area contributed by atoms with Crippen molar-refractivity contribution in [3.63, 3.8) is 0 Å². The number of hydrogen-bond donors (Lipinski definition) is 0. The molecule has 2 rings (SSSR count). The molecule has 2 fully saturated rings. The molecule has 2 heterocycles. The summed E-state index contributed by atoms with van der Waals surface area (Å²) in [5, 5.41) is 0. The molecule has 0 aromatic carbocycles. The highest BCUT2D eigenvalue weighted by atomic mass is 19.4. The van der Waals surface area contributed by atoms with Crippen LogP contribution in [0.5, 0.6) is 0 Å². The van der Waals surface area contributed by atoms with E-state index in [4.69, 9.17) is 4.74 Å². The molecule has 2 atom stereocenters. The van der Waals surface area contributed by atoms with Crippen LogP contribution in [0.1, 0.15) is 0 Å². The van der Waals surface area contributed by atoms with Gasteiger partial charge in [-0.2, -0.15) is 13.2 Å². The lowest BCUT2D eigenvalue weighted by Gasteiger charge is -1.83. The first-order chi connectivity index (χ1) is 4.70. The summed E-state index contributed by atoms with van der Waals surface area (Å²) in [6.45, 7) is -0.338. The SMILES string of the molecule is C1CN2CC2O1.FC(F)F. The lowest BCUT2D eigenvalue weighted by Crippen LogP contribution is -1.96. The molecule has 5 heteroatoms. The molecule has 2 aliphatic rings. The van der Waals surface area contributed by atoms with Crippen molar-refractivity contribution < 1.29 is 17.9 Å². The second-order valence-corrected chi connectivity index (χ2v) is 2.07. The third-order valence-electron chi connectivity index (χ3n) is 1.35. The number of hydrogen-bond acceptors (Lipinski definition) is 2. The maximum atomic E-state index is 9.67. The van der Waals surface area contributed by atoms with E-state index in [1.807, 2.05) is 0 Å². The van der Waals surface area contributed by atoms with Gasteiger partial charge in [-0.15, -0.1) is 0 Å². The lowest BCUT2D eigenvalue weighted by atomic mass is 10.7. The van der Waals surface area contributed by atoms with E-state index in [-0.39, 0.29) is 0 Å². The number of alkyl halides is 3. The average Bonchev–Trinajstić information content (AvgIpc) is 2.40. The topological polar surface area (TPSA) is 12.2 Å². The zero-order valence-electron chi connectivity index (χ0n) is 5.27. The first kappa shape index (κ1) is 7.81. The van der Waals surface area contributed by atoms with Crippen LogP contribution in [0.3, 0.4) is 0 Å². The fourth-order valence-electron chi connectivity index (χ4n) is 0.853. The molecule has 2 nitrogen and oxygen atoms in total. The minimum Gasteiger partial charge on any atom is -0.360 e. The summed E-state index contributed by atoms with van der Waals surface area (Å²) >= 11 is 0. The van der Waals surface area contributed by atoms with E-state index in [9.17, 15) is 13.2 Å². The van der Waals surface area contributed by atoms with Crippen LogP contribution in [0.15, 0.2) is 0 Å². The first-order valence-corrected chi connectivity index (χ1v) is 2.98. The Morgan fingerprint density at radius 2 is 2.00 bits per heavy atom. The Hall–Kier alpha value is -0.290. The maximum Gasteiger partial charge on any atom is 0.379 e. The Balaban J connectivity index is 0.000000112. The lowest BCUT2D eigenvalue weighted by molar-refractivity contribution is 0.00819. The highest BCUT2D eigenvalue weighted by Gasteiger charge is 2.39. The van der Waals surface area contributed by atoms with Crippen molar-refractivity contribution in [2.75, 3.05) is 19.7 Å². The molecule has 2 aliphatic heterocycles. The quantitative estimate of drug-likeness (QED) is 0.480. The van der Waals surface area contributed by atoms with Gasteiger partial charge in [0.05, 0.1) is 6.61 Å². The zero-order valence-corrected chi connectivity index (χ0v) is 5.27. The van der Waals surface area contributed by atoms with Crippen molar-refractivity contribution in [1.82, 2.24) is 4.90 Å². The van der Waals surface area contributed by atoms with Crippen molar-refractivity contribution in [1.29, 1.82) is 0 Å². The molecule has 0 aliphatic carbocycles. The molecule has 0 aromatic rings. The van der Waals surface area contributed by atoms with Crippen molar-refractivity contribution in [2.24, 2.45) is 0 Å². The Morgan fingerprint density at radius 1 is 1.40 bits per heavy atom. The molecule has 0 radical (unpaired) electrons. The minimum atomic E-state index is -3.67. The number of nitrogens with zero attached hydrogens (tertiary/aromatic N) is 1. The Labute approximate surface area is 56.6 Å². The number of halogens is 3. The van der Waals surface area contributed by atoms with Gasteiger partial charge in [0.25, 0.3) is 0 Å². The van der Waals surface area contributed by atoms with Crippen LogP contribution in [-0.4, -0.2) is 37.5 Å². The summed E-state index contributed by atoms with van der Waals surface area (Å²) in [6, 6.07) is 0. The predicted molar refractivity (Wildman–Crippen MR) is 28.4 cm³/mol. The molecule has 0 aromatic heterocycles. The van der Waals surface area contributed by atoms with Crippen LogP contribution in [0.4, 0.5) is 13.2 Å². The van der Waals surface area contributed by atoms with Crippen molar-refractivity contribution in [3.8, 4) is 0 Å². The standard InChI is InChI=1S/C4H7NO.CHF3/c1-2-6-4-3-5(1)4;2-1(3)4/h4H,1-3H2;1H. The largest absolute Gasteiger partial charge is 0.379 e. The van der Waals surface area contributed by atoms with E-state index < -0.39 is 6.68 Å². The van der Waals surface area contributed by atoms with E-state index in [0.717, 1.165) is 6.61 Å². The Morgan fingerprint density at radius 3 is 2.10 bits per heavy atom. The van der Waals surface area contributed by atoms with Crippen molar-refractivity contribution >= 4 is 0 Å². The van der Waals surface area contributed by atoms with Crippen molar-refractivity contribution in [3.05, 3.63) is 0 Å². The summed E-state index contributed by atoms with van der Waals surface area (Å²) in [5.41, 5.74) is 0. The summed E-state index contributed by atoms with van der Waals surface area (Å²) in [4.78, 5) is 2.31. The van der Waals surface area contributed by atoms with Gasteiger partial charge in [0, 0.05) is 13.1 Å². The fraction of sp³-hybridized carbons (Fsp3) is 1.00. The van der Waals surface area contributed by atoms with Crippen LogP contribution in [-0.2, 0) is 4.74 Å². The van der Waals surface area contributed by atoms with Gasteiger partial charge in [0.15, 0.2) is 0 Å². The summed E-state index contributed by atoms with van der Waals surface area (Å²) < 4.78 is 34.2. The fourth-order valence-corrected chi connectivity index (χ4v) is 0.853. The third kappa shape index (κ3) is 2.53. The van der Waals surface area contributed by atoms with E-state index >= 15 is 0 Å². The van der Waals surface area contributed by atoms with Gasteiger partial charge in [-0.25, -0.2) is 0 Å². The van der Waals surface area contributed by atoms with E-state index in [1.165, 1.54) is 13.1 Å². The molecular formula is C5H8F3NO. The molecule has 2 saturated heterocycles. The average molecular weight is 155 g/mol. The third-order valence-corrected chi connectivity index (χ3v) is 1.35. The highest BCUT2D eigenvalue weighted by molar-refractivity contribution is 4.85. The maximum absolute atomic E-state index is 9.67. The molecule has 0 saturated carbocycles. The molecule has 0 N–H and O–H groups in total. The molecule has 0 amide bonds. The van der Waals surface area contributed by atoms with Crippen LogP contribution >= 0.6 is 0 Å². The smallest absolute Gasteiger partial charge is 0.360 e. The number of fused-ring (bicyclic) bond motifs is 1. The van der Waals surface area contributed by atoms with Gasteiger partial charge >= 0.3 is 6.68 Å². The normalized spacial score (nSPS) is 34.8. The second kappa shape index (κ2) is 3.21. The molecule has 0 spiro atoms. The van der Waals surface area contributed by atoms with E-state index in [2.05, 4.69) is 4.90 Å². The Bertz CT molecular complexity index is 100. The first-order valence-electron chi connectivity index (χ1n) is 2.98. The van der Waals surface area contributed by atoms with E-state index in [0.29, 0.717) is 6.23 Å². The molecule has 10 heavy (non-hydrogen) atoms. The van der Waals surface area contributed by atoms with Gasteiger partial charge in [-0.05, 0) is 0 Å². The van der Waals surface area contributed by atoms with Crippen LogP contribution in [0.2, 0.25) is 0 Å². The molecule has 60 valence electrons.